The number of nitrogens with one attached hydrogen (secondary N) is 1. The van der Waals surface area contributed by atoms with Crippen molar-refractivity contribution >= 4 is 17.3 Å². The van der Waals surface area contributed by atoms with Gasteiger partial charge in [0, 0.05) is 13.1 Å². The first-order valence-corrected chi connectivity index (χ1v) is 7.95. The van der Waals surface area contributed by atoms with Gasteiger partial charge >= 0.3 is 5.97 Å². The quantitative estimate of drug-likeness (QED) is 0.498. The zero-order chi connectivity index (χ0) is 18.6. The van der Waals surface area contributed by atoms with E-state index in [1.807, 2.05) is 24.3 Å². The van der Waals surface area contributed by atoms with E-state index < -0.39 is 10.9 Å². The van der Waals surface area contributed by atoms with Crippen LogP contribution in [0.2, 0.25) is 0 Å². The van der Waals surface area contributed by atoms with Crippen LogP contribution in [0.25, 0.3) is 0 Å². The molecule has 1 N–H and O–H groups in total. The number of carbonyl (C=O) groups is 1. The largest absolute Gasteiger partial charge is 0.457 e. The Morgan fingerprint density at radius 2 is 1.80 bits per heavy atom. The van der Waals surface area contributed by atoms with Gasteiger partial charge < -0.3 is 10.1 Å². The van der Waals surface area contributed by atoms with Gasteiger partial charge in [-0.1, -0.05) is 45.0 Å². The number of ether oxygens (including phenoxy) is 1. The second kappa shape index (κ2) is 7.34. The van der Waals surface area contributed by atoms with Crippen LogP contribution in [0.4, 0.5) is 11.4 Å². The SMILES string of the molecule is CNc1ccc(C(=O)OCc2ccc(C(C)(C)C)cc2)cc1[N+](=O)[O-]. The molecule has 0 saturated heterocycles. The van der Waals surface area contributed by atoms with Gasteiger partial charge in [0.25, 0.3) is 5.69 Å². The Balaban J connectivity index is 2.07. The second-order valence-electron chi connectivity index (χ2n) is 6.76. The number of hydrogen-bond donors (Lipinski definition) is 1. The van der Waals surface area contributed by atoms with Gasteiger partial charge in [0.15, 0.2) is 0 Å². The third-order valence-electron chi connectivity index (χ3n) is 3.89. The van der Waals surface area contributed by atoms with Crippen molar-refractivity contribution in [3.63, 3.8) is 0 Å². The topological polar surface area (TPSA) is 81.5 Å². The van der Waals surface area contributed by atoms with Crippen molar-refractivity contribution in [2.24, 2.45) is 0 Å². The van der Waals surface area contributed by atoms with Crippen molar-refractivity contribution in [1.29, 1.82) is 0 Å². The van der Waals surface area contributed by atoms with Crippen LogP contribution >= 0.6 is 0 Å². The number of rotatable bonds is 5. The summed E-state index contributed by atoms with van der Waals surface area (Å²) in [5.74, 6) is -0.592. The molecule has 0 amide bonds. The third-order valence-corrected chi connectivity index (χ3v) is 3.89. The van der Waals surface area contributed by atoms with Crippen molar-refractivity contribution < 1.29 is 14.5 Å². The first-order chi connectivity index (χ1) is 11.7. The summed E-state index contributed by atoms with van der Waals surface area (Å²) in [5, 5.41) is 13.8. The monoisotopic (exact) mass is 342 g/mol. The lowest BCUT2D eigenvalue weighted by molar-refractivity contribution is -0.384. The maximum Gasteiger partial charge on any atom is 0.338 e. The molecule has 0 aliphatic rings. The molecular formula is C19H22N2O4. The van der Waals surface area contributed by atoms with Gasteiger partial charge in [-0.2, -0.15) is 0 Å². The van der Waals surface area contributed by atoms with Gasteiger partial charge in [0.2, 0.25) is 0 Å². The lowest BCUT2D eigenvalue weighted by atomic mass is 9.87. The maximum absolute atomic E-state index is 12.2. The Morgan fingerprint density at radius 1 is 1.16 bits per heavy atom. The molecule has 0 spiro atoms. The minimum Gasteiger partial charge on any atom is -0.457 e. The fraction of sp³-hybridized carbons (Fsp3) is 0.316. The fourth-order valence-electron chi connectivity index (χ4n) is 2.35. The van der Waals surface area contributed by atoms with E-state index in [9.17, 15) is 14.9 Å². The molecule has 2 aromatic rings. The number of carbonyl (C=O) groups excluding carboxylic acids is 1. The number of hydrogen-bond acceptors (Lipinski definition) is 5. The highest BCUT2D eigenvalue weighted by Gasteiger charge is 2.18. The summed E-state index contributed by atoms with van der Waals surface area (Å²) in [7, 11) is 1.58. The molecule has 6 nitrogen and oxygen atoms in total. The fourth-order valence-corrected chi connectivity index (χ4v) is 2.35. The molecule has 0 unspecified atom stereocenters. The highest BCUT2D eigenvalue weighted by atomic mass is 16.6. The average molecular weight is 342 g/mol. The summed E-state index contributed by atoms with van der Waals surface area (Å²) < 4.78 is 5.27. The van der Waals surface area contributed by atoms with Crippen LogP contribution in [0.5, 0.6) is 0 Å². The summed E-state index contributed by atoms with van der Waals surface area (Å²) in [6.07, 6.45) is 0. The zero-order valence-electron chi connectivity index (χ0n) is 14.8. The zero-order valence-corrected chi connectivity index (χ0v) is 14.8. The molecule has 0 radical (unpaired) electrons. The number of esters is 1. The second-order valence-corrected chi connectivity index (χ2v) is 6.76. The van der Waals surface area contributed by atoms with E-state index in [0.717, 1.165) is 5.56 Å². The highest BCUT2D eigenvalue weighted by molar-refractivity contribution is 5.91. The predicted octanol–water partition coefficient (Wildman–Crippen LogP) is 4.29. The Labute approximate surface area is 147 Å². The summed E-state index contributed by atoms with van der Waals surface area (Å²) in [6.45, 7) is 6.50. The minimum atomic E-state index is -0.592. The van der Waals surface area contributed by atoms with Gasteiger partial charge in [0.05, 0.1) is 10.5 Å². The molecule has 0 aliphatic carbocycles. The molecule has 0 fully saturated rings. The lowest BCUT2D eigenvalue weighted by Gasteiger charge is -2.19. The van der Waals surface area contributed by atoms with Crippen molar-refractivity contribution in [1.82, 2.24) is 0 Å². The van der Waals surface area contributed by atoms with Crippen LogP contribution in [-0.4, -0.2) is 17.9 Å². The predicted molar refractivity (Wildman–Crippen MR) is 96.9 cm³/mol. The van der Waals surface area contributed by atoms with Crippen LogP contribution in [0.3, 0.4) is 0 Å². The van der Waals surface area contributed by atoms with E-state index in [1.165, 1.54) is 23.8 Å². The standard InChI is InChI=1S/C19H22N2O4/c1-19(2,3)15-8-5-13(6-9-15)12-25-18(22)14-7-10-16(20-4)17(11-14)21(23)24/h5-11,20H,12H2,1-4H3. The molecule has 6 heteroatoms. The lowest BCUT2D eigenvalue weighted by Crippen LogP contribution is -2.11. The van der Waals surface area contributed by atoms with Crippen LogP contribution in [0, 0.1) is 10.1 Å². The Morgan fingerprint density at radius 3 is 2.32 bits per heavy atom. The highest BCUT2D eigenvalue weighted by Crippen LogP contribution is 2.26. The van der Waals surface area contributed by atoms with Crippen LogP contribution in [0.15, 0.2) is 42.5 Å². The number of nitrogens with zero attached hydrogens (tertiary/aromatic N) is 1. The van der Waals surface area contributed by atoms with Crippen molar-refractivity contribution in [3.05, 3.63) is 69.3 Å². The summed E-state index contributed by atoms with van der Waals surface area (Å²) >= 11 is 0. The number of nitro groups is 1. The molecule has 0 bridgehead atoms. The number of benzene rings is 2. The van der Waals surface area contributed by atoms with Crippen LogP contribution in [-0.2, 0) is 16.8 Å². The molecule has 2 aromatic carbocycles. The van der Waals surface area contributed by atoms with Crippen molar-refractivity contribution in [2.75, 3.05) is 12.4 Å². The van der Waals surface area contributed by atoms with Gasteiger partial charge in [-0.05, 0) is 28.7 Å². The van der Waals surface area contributed by atoms with Crippen LogP contribution < -0.4 is 5.32 Å². The van der Waals surface area contributed by atoms with Gasteiger partial charge in [-0.3, -0.25) is 10.1 Å². The number of nitro benzene ring substituents is 1. The smallest absolute Gasteiger partial charge is 0.338 e. The van der Waals surface area contributed by atoms with E-state index >= 15 is 0 Å². The summed E-state index contributed by atoms with van der Waals surface area (Å²) in [5.41, 5.74) is 2.45. The minimum absolute atomic E-state index is 0.0587. The van der Waals surface area contributed by atoms with Crippen molar-refractivity contribution in [3.8, 4) is 0 Å². The van der Waals surface area contributed by atoms with E-state index in [0.29, 0.717) is 5.69 Å². The third kappa shape index (κ3) is 4.56. The molecule has 0 aromatic heterocycles. The molecule has 2 rings (SSSR count). The molecule has 0 saturated carbocycles. The Kier molecular flexibility index (Phi) is 5.41. The van der Waals surface area contributed by atoms with Gasteiger partial charge in [0.1, 0.15) is 12.3 Å². The average Bonchev–Trinajstić information content (AvgIpc) is 2.58. The maximum atomic E-state index is 12.2. The summed E-state index contributed by atoms with van der Waals surface area (Å²) in [4.78, 5) is 22.7. The van der Waals surface area contributed by atoms with E-state index in [1.54, 1.807) is 7.05 Å². The normalized spacial score (nSPS) is 11.0. The Hall–Kier alpha value is -2.89. The van der Waals surface area contributed by atoms with E-state index in [4.69, 9.17) is 4.74 Å². The molecule has 25 heavy (non-hydrogen) atoms. The first-order valence-electron chi connectivity index (χ1n) is 7.95. The van der Waals surface area contributed by atoms with E-state index in [2.05, 4.69) is 26.1 Å². The molecular weight excluding hydrogens is 320 g/mol. The molecule has 132 valence electrons. The molecule has 0 aliphatic heterocycles. The summed E-state index contributed by atoms with van der Waals surface area (Å²) in [6, 6.07) is 12.1. The van der Waals surface area contributed by atoms with E-state index in [-0.39, 0.29) is 23.3 Å². The Bertz CT molecular complexity index is 777. The number of anilines is 1. The van der Waals surface area contributed by atoms with Gasteiger partial charge in [-0.25, -0.2) is 4.79 Å². The van der Waals surface area contributed by atoms with Crippen LogP contribution in [0.1, 0.15) is 42.3 Å². The molecule has 0 heterocycles. The molecule has 0 atom stereocenters. The van der Waals surface area contributed by atoms with Gasteiger partial charge in [-0.15, -0.1) is 0 Å². The van der Waals surface area contributed by atoms with Crippen molar-refractivity contribution in [2.45, 2.75) is 32.8 Å². The first kappa shape index (κ1) is 18.4.